The molecule has 0 aliphatic carbocycles. The smallest absolute Gasteiger partial charge is 0.241 e. The molecule has 0 fully saturated rings. The molecule has 8 N–H and O–H groups in total. The zero-order valence-electron chi connectivity index (χ0n) is 13.4. The van der Waals surface area contributed by atoms with Crippen LogP contribution >= 0.6 is 0 Å². The third kappa shape index (κ3) is 45.8. The average Bonchev–Trinajstić information content (AvgIpc) is 2.40. The number of primary amides is 2. The van der Waals surface area contributed by atoms with Crippen LogP contribution in [-0.4, -0.2) is 24.9 Å². The number of carbonyl (C=O) groups is 2. The largest absolute Gasteiger partial charge is 0.366 e. The van der Waals surface area contributed by atoms with Crippen LogP contribution in [0.2, 0.25) is 0 Å². The van der Waals surface area contributed by atoms with Crippen LogP contribution in [0.4, 0.5) is 0 Å². The van der Waals surface area contributed by atoms with Crippen LogP contribution in [0, 0.1) is 0 Å². The van der Waals surface area contributed by atoms with E-state index in [0.717, 1.165) is 13.1 Å². The van der Waals surface area contributed by atoms with E-state index < -0.39 is 11.8 Å². The van der Waals surface area contributed by atoms with Crippen molar-refractivity contribution in [3.8, 4) is 0 Å². The van der Waals surface area contributed by atoms with E-state index in [9.17, 15) is 9.59 Å². The molecule has 0 spiro atoms. The molecule has 0 heterocycles. The fraction of sp³-hybridized carbons (Fsp3) is 0.600. The molecule has 2 amide bonds. The zero-order chi connectivity index (χ0) is 16.9. The Bertz CT molecular complexity index is 261. The van der Waals surface area contributed by atoms with Crippen LogP contribution in [0.1, 0.15) is 46.0 Å². The molecule has 0 aromatic rings. The molecule has 6 heteroatoms. The molecule has 0 saturated carbocycles. The Kier molecular flexibility index (Phi) is 27.2. The Morgan fingerprint density at radius 2 is 1.00 bits per heavy atom. The first-order valence-corrected chi connectivity index (χ1v) is 7.20. The zero-order valence-corrected chi connectivity index (χ0v) is 13.4. The summed E-state index contributed by atoms with van der Waals surface area (Å²) in [5, 5.41) is 0. The summed E-state index contributed by atoms with van der Waals surface area (Å²) in [6, 6.07) is 0. The van der Waals surface area contributed by atoms with Gasteiger partial charge >= 0.3 is 0 Å². The maximum atomic E-state index is 9.73. The van der Waals surface area contributed by atoms with Gasteiger partial charge in [-0.15, -0.1) is 0 Å². The molecule has 0 saturated heterocycles. The number of rotatable bonds is 8. The van der Waals surface area contributed by atoms with Crippen molar-refractivity contribution in [2.45, 2.75) is 46.0 Å². The van der Waals surface area contributed by atoms with E-state index in [0.29, 0.717) is 0 Å². The minimum absolute atomic E-state index is 0.391. The topological polar surface area (TPSA) is 138 Å². The van der Waals surface area contributed by atoms with E-state index in [-0.39, 0.29) is 0 Å². The van der Waals surface area contributed by atoms with E-state index >= 15 is 0 Å². The summed E-state index contributed by atoms with van der Waals surface area (Å²) in [6.45, 7) is 5.15. The van der Waals surface area contributed by atoms with Crippen LogP contribution in [0.15, 0.2) is 24.3 Å². The van der Waals surface area contributed by atoms with Crippen molar-refractivity contribution in [1.29, 1.82) is 0 Å². The van der Waals surface area contributed by atoms with Gasteiger partial charge in [0.25, 0.3) is 0 Å². The molecule has 0 bridgehead atoms. The highest BCUT2D eigenvalue weighted by Gasteiger charge is 1.86. The first-order chi connectivity index (χ1) is 9.95. The van der Waals surface area contributed by atoms with E-state index in [1.807, 2.05) is 0 Å². The molecule has 0 rings (SSSR count). The lowest BCUT2D eigenvalue weighted by Gasteiger charge is -1.96. The van der Waals surface area contributed by atoms with E-state index in [1.165, 1.54) is 44.3 Å². The molecule has 124 valence electrons. The van der Waals surface area contributed by atoms with Gasteiger partial charge in [-0.25, -0.2) is 0 Å². The third-order valence-electron chi connectivity index (χ3n) is 2.07. The van der Waals surface area contributed by atoms with Gasteiger partial charge in [0.2, 0.25) is 11.8 Å². The normalized spacial score (nSPS) is 9.71. The van der Waals surface area contributed by atoms with Gasteiger partial charge in [0.1, 0.15) is 0 Å². The summed E-state index contributed by atoms with van der Waals surface area (Å²) in [7, 11) is 0. The van der Waals surface area contributed by atoms with Gasteiger partial charge in [0.05, 0.1) is 0 Å². The highest BCUT2D eigenvalue weighted by atomic mass is 16.1. The molecule has 0 aliphatic rings. The predicted molar refractivity (Wildman–Crippen MR) is 89.2 cm³/mol. The molecular weight excluding hydrogens is 268 g/mol. The minimum atomic E-state index is -0.391. The second-order valence-corrected chi connectivity index (χ2v) is 4.15. The van der Waals surface area contributed by atoms with Gasteiger partial charge in [-0.05, 0) is 51.9 Å². The van der Waals surface area contributed by atoms with E-state index in [2.05, 4.69) is 11.5 Å². The summed E-state index contributed by atoms with van der Waals surface area (Å²) in [5.74, 6) is -0.782. The van der Waals surface area contributed by atoms with Gasteiger partial charge < -0.3 is 22.9 Å². The van der Waals surface area contributed by atoms with E-state index in [1.54, 1.807) is 26.0 Å². The van der Waals surface area contributed by atoms with Crippen molar-refractivity contribution in [2.75, 3.05) is 13.1 Å². The highest BCUT2D eigenvalue weighted by molar-refractivity contribution is 5.85. The fourth-order valence-electron chi connectivity index (χ4n) is 1.15. The number of unbranched alkanes of at least 4 members (excludes halogenated alkanes) is 4. The first kappa shape index (κ1) is 24.4. The molecule has 6 nitrogen and oxygen atoms in total. The van der Waals surface area contributed by atoms with Crippen molar-refractivity contribution < 1.29 is 9.59 Å². The predicted octanol–water partition coefficient (Wildman–Crippen LogP) is 0.950. The summed E-state index contributed by atoms with van der Waals surface area (Å²) in [4.78, 5) is 19.5. The monoisotopic (exact) mass is 300 g/mol. The number of nitrogens with two attached hydrogens (primary N) is 4. The molecule has 0 aromatic carbocycles. The lowest BCUT2D eigenvalue weighted by atomic mass is 10.1. The quantitative estimate of drug-likeness (QED) is 0.391. The lowest BCUT2D eigenvalue weighted by molar-refractivity contribution is -0.114. The molecular formula is C15H32N4O2. The van der Waals surface area contributed by atoms with Gasteiger partial charge in [-0.3, -0.25) is 9.59 Å². The van der Waals surface area contributed by atoms with Crippen molar-refractivity contribution in [2.24, 2.45) is 22.9 Å². The maximum absolute atomic E-state index is 9.73. The first-order valence-electron chi connectivity index (χ1n) is 7.20. The Balaban J connectivity index is -0.000000240. The van der Waals surface area contributed by atoms with E-state index in [4.69, 9.17) is 11.5 Å². The summed E-state index contributed by atoms with van der Waals surface area (Å²) in [6.07, 6.45) is 12.0. The standard InChI is InChI=1S/C7H18N2.2C4H7NO/c8-6-4-2-1-3-5-7-9;2*1-2-3-4(5)6/h1-9H2;2*2-3H,1H3,(H2,5,6). The van der Waals surface area contributed by atoms with Crippen LogP contribution in [0.25, 0.3) is 0 Å². The van der Waals surface area contributed by atoms with Crippen LogP contribution in [0.5, 0.6) is 0 Å². The Morgan fingerprint density at radius 3 is 1.14 bits per heavy atom. The number of hydrogen-bond acceptors (Lipinski definition) is 4. The highest BCUT2D eigenvalue weighted by Crippen LogP contribution is 1.99. The number of hydrogen-bond donors (Lipinski definition) is 4. The number of allylic oxidation sites excluding steroid dienone is 2. The third-order valence-corrected chi connectivity index (χ3v) is 2.07. The Hall–Kier alpha value is -1.66. The van der Waals surface area contributed by atoms with Gasteiger partial charge in [0, 0.05) is 0 Å². The lowest BCUT2D eigenvalue weighted by Crippen LogP contribution is -2.04. The van der Waals surface area contributed by atoms with Crippen LogP contribution < -0.4 is 22.9 Å². The second kappa shape index (κ2) is 23.4. The van der Waals surface area contributed by atoms with Crippen molar-refractivity contribution >= 4 is 11.8 Å². The van der Waals surface area contributed by atoms with Gasteiger partial charge in [-0.1, -0.05) is 31.4 Å². The molecule has 0 atom stereocenters. The van der Waals surface area contributed by atoms with Crippen LogP contribution in [-0.2, 0) is 9.59 Å². The Labute approximate surface area is 128 Å². The molecule has 0 aromatic heterocycles. The van der Waals surface area contributed by atoms with Crippen molar-refractivity contribution in [3.05, 3.63) is 24.3 Å². The fourth-order valence-corrected chi connectivity index (χ4v) is 1.15. The van der Waals surface area contributed by atoms with Crippen molar-refractivity contribution in [3.63, 3.8) is 0 Å². The summed E-state index contributed by atoms with van der Waals surface area (Å²) >= 11 is 0. The molecule has 0 aliphatic heterocycles. The maximum Gasteiger partial charge on any atom is 0.241 e. The van der Waals surface area contributed by atoms with Gasteiger partial charge in [0.15, 0.2) is 0 Å². The summed E-state index contributed by atoms with van der Waals surface area (Å²) in [5.41, 5.74) is 20.0. The molecule has 0 unspecified atom stereocenters. The average molecular weight is 300 g/mol. The van der Waals surface area contributed by atoms with Gasteiger partial charge in [-0.2, -0.15) is 0 Å². The molecule has 21 heavy (non-hydrogen) atoms. The number of carbonyl (C=O) groups excluding carboxylic acids is 2. The Morgan fingerprint density at radius 1 is 0.714 bits per heavy atom. The second-order valence-electron chi connectivity index (χ2n) is 4.15. The molecule has 0 radical (unpaired) electrons. The number of amides is 2. The minimum Gasteiger partial charge on any atom is -0.366 e. The van der Waals surface area contributed by atoms with Crippen LogP contribution in [0.3, 0.4) is 0 Å². The van der Waals surface area contributed by atoms with Crippen molar-refractivity contribution in [1.82, 2.24) is 0 Å². The SMILES string of the molecule is CC=CC(N)=O.CC=CC(N)=O.NCCCCCCCN. The summed E-state index contributed by atoms with van der Waals surface area (Å²) < 4.78 is 0.